The van der Waals surface area contributed by atoms with Crippen molar-refractivity contribution in [2.75, 3.05) is 13.7 Å². The Morgan fingerprint density at radius 3 is 2.55 bits per heavy atom. The summed E-state index contributed by atoms with van der Waals surface area (Å²) < 4.78 is 10.6. The van der Waals surface area contributed by atoms with Crippen LogP contribution in [-0.4, -0.2) is 31.2 Å². The molecule has 0 saturated heterocycles. The van der Waals surface area contributed by atoms with Gasteiger partial charge in [-0.2, -0.15) is 0 Å². The van der Waals surface area contributed by atoms with Crippen LogP contribution < -0.4 is 4.74 Å². The topological polar surface area (TPSA) is 65.0 Å². The summed E-state index contributed by atoms with van der Waals surface area (Å²) in [5.74, 6) is -1.22. The number of esters is 1. The monoisotopic (exact) mass is 409 g/mol. The Labute approximate surface area is 174 Å². The first-order valence-corrected chi connectivity index (χ1v) is 9.79. The van der Waals surface area contributed by atoms with Crippen LogP contribution in [0.1, 0.15) is 41.3 Å². The van der Waals surface area contributed by atoms with Gasteiger partial charge in [-0.1, -0.05) is 41.9 Å². The summed E-state index contributed by atoms with van der Waals surface area (Å²) in [5, 5.41) is 0.415. The molecule has 6 heteroatoms. The maximum atomic E-state index is 13.3. The number of aliphatic imine (C=N–C) groups is 1. The van der Waals surface area contributed by atoms with E-state index in [-0.39, 0.29) is 12.4 Å². The Hall–Kier alpha value is -2.92. The smallest absolute Gasteiger partial charge is 0.315 e. The van der Waals surface area contributed by atoms with Gasteiger partial charge in [-0.15, -0.1) is 0 Å². The van der Waals surface area contributed by atoms with Gasteiger partial charge in [0.15, 0.2) is 5.78 Å². The zero-order chi connectivity index (χ0) is 20.7. The number of fused-ring (bicyclic) bond motifs is 2. The van der Waals surface area contributed by atoms with E-state index in [0.717, 1.165) is 11.1 Å². The van der Waals surface area contributed by atoms with Gasteiger partial charge in [0.1, 0.15) is 11.7 Å². The number of halogens is 1. The maximum Gasteiger partial charge on any atom is 0.315 e. The highest BCUT2D eigenvalue weighted by Gasteiger charge is 2.46. The van der Waals surface area contributed by atoms with E-state index >= 15 is 0 Å². The summed E-state index contributed by atoms with van der Waals surface area (Å²) in [7, 11) is 1.54. The number of Topliss-reactive ketones (excluding diaryl/α,β-unsaturated/α-hetero) is 1. The van der Waals surface area contributed by atoms with Crippen LogP contribution in [0.3, 0.4) is 0 Å². The lowest BCUT2D eigenvalue weighted by molar-refractivity contribution is -0.145. The number of methoxy groups -OCH3 is 1. The molecule has 0 radical (unpaired) electrons. The fourth-order valence-corrected chi connectivity index (χ4v) is 4.39. The van der Waals surface area contributed by atoms with Crippen LogP contribution in [0.25, 0.3) is 5.70 Å². The van der Waals surface area contributed by atoms with Gasteiger partial charge in [0, 0.05) is 28.3 Å². The van der Waals surface area contributed by atoms with E-state index in [4.69, 9.17) is 21.1 Å². The minimum absolute atomic E-state index is 0.113. The Bertz CT molecular complexity index is 1090. The van der Waals surface area contributed by atoms with Gasteiger partial charge in [-0.05, 0) is 31.5 Å². The second-order valence-corrected chi connectivity index (χ2v) is 7.40. The molecule has 148 valence electrons. The van der Waals surface area contributed by atoms with Gasteiger partial charge in [0.25, 0.3) is 0 Å². The van der Waals surface area contributed by atoms with Crippen LogP contribution in [0.4, 0.5) is 0 Å². The Morgan fingerprint density at radius 1 is 1.17 bits per heavy atom. The third kappa shape index (κ3) is 3.06. The molecule has 0 saturated carbocycles. The van der Waals surface area contributed by atoms with E-state index < -0.39 is 17.8 Å². The lowest BCUT2D eigenvalue weighted by atomic mass is 9.75. The predicted molar refractivity (Wildman–Crippen MR) is 112 cm³/mol. The van der Waals surface area contributed by atoms with E-state index in [1.807, 2.05) is 24.3 Å². The molecule has 2 aliphatic rings. The standard InChI is InChI=1S/C23H20ClNO4/c1-4-29-23(27)18-12(2)25-21-14-7-5-6-8-15(14)22(26)20(21)19(18)13-9-10-17(28-3)16(24)11-13/h5-11,18-19H,4H2,1-3H3/t18?,19-/m0/s1. The van der Waals surface area contributed by atoms with Crippen LogP contribution in [0.5, 0.6) is 5.75 Å². The zero-order valence-electron chi connectivity index (χ0n) is 16.4. The molecule has 1 aliphatic heterocycles. The van der Waals surface area contributed by atoms with Crippen LogP contribution in [0, 0.1) is 5.92 Å². The number of benzene rings is 2. The fraction of sp³-hybridized carbons (Fsp3) is 0.261. The van der Waals surface area contributed by atoms with Gasteiger partial charge in [0.2, 0.25) is 0 Å². The summed E-state index contributed by atoms with van der Waals surface area (Å²) >= 11 is 6.37. The first-order valence-electron chi connectivity index (χ1n) is 9.41. The SMILES string of the molecule is CCOC(=O)C1C(C)=NC2=C(C(=O)c3ccccc32)[C@H]1c1ccc(OC)c(Cl)c1. The van der Waals surface area contributed by atoms with E-state index in [1.54, 1.807) is 32.0 Å². The molecule has 0 amide bonds. The van der Waals surface area contributed by atoms with Crippen LogP contribution in [0.2, 0.25) is 5.02 Å². The molecule has 1 unspecified atom stereocenters. The predicted octanol–water partition coefficient (Wildman–Crippen LogP) is 4.69. The minimum Gasteiger partial charge on any atom is -0.495 e. The van der Waals surface area contributed by atoms with Crippen molar-refractivity contribution >= 4 is 34.8 Å². The number of allylic oxidation sites excluding steroid dienone is 1. The summed E-state index contributed by atoms with van der Waals surface area (Å²) in [5.41, 5.74) is 3.89. The highest BCUT2D eigenvalue weighted by atomic mass is 35.5. The number of nitrogens with zero attached hydrogens (tertiary/aromatic N) is 1. The second kappa shape index (κ2) is 7.48. The van der Waals surface area contributed by atoms with E-state index in [0.29, 0.717) is 33.3 Å². The number of hydrogen-bond donors (Lipinski definition) is 0. The quantitative estimate of drug-likeness (QED) is 0.687. The molecule has 1 aliphatic carbocycles. The van der Waals surface area contributed by atoms with E-state index in [1.165, 1.54) is 7.11 Å². The highest BCUT2D eigenvalue weighted by molar-refractivity contribution is 6.32. The molecule has 5 nitrogen and oxygen atoms in total. The number of rotatable bonds is 4. The molecular weight excluding hydrogens is 390 g/mol. The molecule has 1 heterocycles. The van der Waals surface area contributed by atoms with Gasteiger partial charge in [-0.3, -0.25) is 14.6 Å². The molecule has 0 spiro atoms. The van der Waals surface area contributed by atoms with Gasteiger partial charge in [0.05, 0.1) is 24.4 Å². The van der Waals surface area contributed by atoms with E-state index in [2.05, 4.69) is 4.99 Å². The fourth-order valence-electron chi connectivity index (χ4n) is 4.12. The maximum absolute atomic E-state index is 13.3. The molecule has 0 N–H and O–H groups in total. The van der Waals surface area contributed by atoms with Crippen LogP contribution >= 0.6 is 11.6 Å². The van der Waals surface area contributed by atoms with Crippen molar-refractivity contribution in [3.63, 3.8) is 0 Å². The lowest BCUT2D eigenvalue weighted by Gasteiger charge is -2.30. The average molecular weight is 410 g/mol. The molecular formula is C23H20ClNO4. The van der Waals surface area contributed by atoms with Crippen LogP contribution in [0.15, 0.2) is 53.0 Å². The van der Waals surface area contributed by atoms with Crippen molar-refractivity contribution in [2.45, 2.75) is 19.8 Å². The van der Waals surface area contributed by atoms with Crippen molar-refractivity contribution in [3.05, 3.63) is 69.8 Å². The molecule has 29 heavy (non-hydrogen) atoms. The largest absolute Gasteiger partial charge is 0.495 e. The summed E-state index contributed by atoms with van der Waals surface area (Å²) in [4.78, 5) is 30.9. The van der Waals surface area contributed by atoms with Gasteiger partial charge in [-0.25, -0.2) is 0 Å². The minimum atomic E-state index is -0.698. The number of carbonyl (C=O) groups excluding carboxylic acids is 2. The third-order valence-corrected chi connectivity index (χ3v) is 5.68. The van der Waals surface area contributed by atoms with Crippen LogP contribution in [-0.2, 0) is 9.53 Å². The first kappa shape index (κ1) is 19.4. The van der Waals surface area contributed by atoms with Gasteiger partial charge >= 0.3 is 5.97 Å². The Kier molecular flexibility index (Phi) is 5.01. The van der Waals surface area contributed by atoms with Crippen molar-refractivity contribution in [3.8, 4) is 5.75 Å². The van der Waals surface area contributed by atoms with Crippen molar-refractivity contribution in [1.82, 2.24) is 0 Å². The highest BCUT2D eigenvalue weighted by Crippen LogP contribution is 2.48. The average Bonchev–Trinajstić information content (AvgIpc) is 2.99. The molecule has 2 atom stereocenters. The first-order chi connectivity index (χ1) is 14.0. The number of ether oxygens (including phenoxy) is 2. The number of ketones is 1. The second-order valence-electron chi connectivity index (χ2n) is 6.99. The molecule has 0 bridgehead atoms. The van der Waals surface area contributed by atoms with Crippen molar-refractivity contribution < 1.29 is 19.1 Å². The molecule has 0 aromatic heterocycles. The molecule has 0 fully saturated rings. The number of carbonyl (C=O) groups is 2. The molecule has 2 aromatic rings. The van der Waals surface area contributed by atoms with Crippen molar-refractivity contribution in [1.29, 1.82) is 0 Å². The van der Waals surface area contributed by atoms with E-state index in [9.17, 15) is 9.59 Å². The summed E-state index contributed by atoms with van der Waals surface area (Å²) in [6.45, 7) is 3.81. The zero-order valence-corrected chi connectivity index (χ0v) is 17.1. The van der Waals surface area contributed by atoms with Gasteiger partial charge < -0.3 is 9.47 Å². The normalized spacial score (nSPS) is 20.1. The van der Waals surface area contributed by atoms with Crippen molar-refractivity contribution in [2.24, 2.45) is 10.9 Å². The lowest BCUT2D eigenvalue weighted by Crippen LogP contribution is -2.35. The Morgan fingerprint density at radius 2 is 1.90 bits per heavy atom. The summed E-state index contributed by atoms with van der Waals surface area (Å²) in [6, 6.07) is 12.7. The Balaban J connectivity index is 1.92. The summed E-state index contributed by atoms with van der Waals surface area (Å²) in [6.07, 6.45) is 0. The molecule has 4 rings (SSSR count). The third-order valence-electron chi connectivity index (χ3n) is 5.38. The molecule has 2 aromatic carbocycles. The number of hydrogen-bond acceptors (Lipinski definition) is 5.